The molecule has 0 saturated carbocycles. The Balaban J connectivity index is 2.08. The lowest BCUT2D eigenvalue weighted by molar-refractivity contribution is -0.384. The number of allylic oxidation sites excluding steroid dienone is 1. The van der Waals surface area contributed by atoms with Gasteiger partial charge in [0.1, 0.15) is 5.57 Å². The highest BCUT2D eigenvalue weighted by molar-refractivity contribution is 6.39. The van der Waals surface area contributed by atoms with Crippen LogP contribution in [0.4, 0.5) is 16.2 Å². The summed E-state index contributed by atoms with van der Waals surface area (Å²) in [5, 5.41) is 22.2. The normalized spacial score (nSPS) is 14.4. The molecule has 1 aliphatic rings. The molecule has 0 atom stereocenters. The first-order valence-corrected chi connectivity index (χ1v) is 10.6. The molecule has 12 nitrogen and oxygen atoms in total. The monoisotopic (exact) mass is 495 g/mol. The van der Waals surface area contributed by atoms with Crippen LogP contribution in [-0.4, -0.2) is 47.1 Å². The van der Waals surface area contributed by atoms with Crippen molar-refractivity contribution >= 4 is 41.3 Å². The van der Waals surface area contributed by atoms with E-state index in [1.54, 1.807) is 19.1 Å². The van der Waals surface area contributed by atoms with Gasteiger partial charge in [0.25, 0.3) is 17.5 Å². The first-order valence-electron chi connectivity index (χ1n) is 10.6. The Bertz CT molecular complexity index is 1300. The van der Waals surface area contributed by atoms with E-state index >= 15 is 0 Å². The molecule has 2 aromatic carbocycles. The predicted molar refractivity (Wildman–Crippen MR) is 127 cm³/mol. The van der Waals surface area contributed by atoms with Crippen LogP contribution >= 0.6 is 0 Å². The number of barbiturate groups is 1. The maximum absolute atomic E-state index is 13.2. The van der Waals surface area contributed by atoms with Crippen LogP contribution < -0.4 is 19.7 Å². The number of aliphatic carboxylic acids is 1. The number of hydrogen-bond acceptors (Lipinski definition) is 8. The third kappa shape index (κ3) is 5.55. The number of anilines is 1. The van der Waals surface area contributed by atoms with Crippen molar-refractivity contribution in [3.05, 3.63) is 75.9 Å². The van der Waals surface area contributed by atoms with Gasteiger partial charge in [-0.05, 0) is 43.2 Å². The first-order chi connectivity index (χ1) is 17.2. The summed E-state index contributed by atoms with van der Waals surface area (Å²) in [6.07, 6.45) is 3.03. The largest absolute Gasteiger partial charge is 0.490 e. The van der Waals surface area contributed by atoms with Gasteiger partial charge in [-0.3, -0.25) is 25.0 Å². The van der Waals surface area contributed by atoms with Gasteiger partial charge < -0.3 is 14.6 Å². The van der Waals surface area contributed by atoms with Crippen molar-refractivity contribution in [3.63, 3.8) is 0 Å². The van der Waals surface area contributed by atoms with E-state index < -0.39 is 40.9 Å². The molecule has 2 aromatic rings. The molecule has 4 amide bonds. The fraction of sp³-hybridized carbons (Fsp3) is 0.167. The van der Waals surface area contributed by atoms with Crippen molar-refractivity contribution in [2.75, 3.05) is 18.1 Å². The molecule has 1 aliphatic heterocycles. The molecule has 0 radical (unpaired) electrons. The average Bonchev–Trinajstić information content (AvgIpc) is 2.81. The van der Waals surface area contributed by atoms with Crippen LogP contribution in [0, 0.1) is 10.1 Å². The summed E-state index contributed by atoms with van der Waals surface area (Å²) in [5.41, 5.74) is -0.0377. The summed E-state index contributed by atoms with van der Waals surface area (Å²) in [4.78, 5) is 60.2. The number of carbonyl (C=O) groups is 4. The lowest BCUT2D eigenvalue weighted by Crippen LogP contribution is -2.54. The van der Waals surface area contributed by atoms with Gasteiger partial charge in [0.2, 0.25) is 0 Å². The zero-order valence-electron chi connectivity index (χ0n) is 19.1. The van der Waals surface area contributed by atoms with Gasteiger partial charge in [-0.1, -0.05) is 12.1 Å². The van der Waals surface area contributed by atoms with E-state index in [-0.39, 0.29) is 35.9 Å². The highest BCUT2D eigenvalue weighted by Gasteiger charge is 2.37. The molecular formula is C24H21N3O9. The van der Waals surface area contributed by atoms with Crippen molar-refractivity contribution < 1.29 is 38.7 Å². The highest BCUT2D eigenvalue weighted by atomic mass is 16.6. The van der Waals surface area contributed by atoms with Crippen LogP contribution in [0.1, 0.15) is 18.1 Å². The number of carboxylic acids is 1. The van der Waals surface area contributed by atoms with Gasteiger partial charge in [0, 0.05) is 17.7 Å². The van der Waals surface area contributed by atoms with Crippen molar-refractivity contribution in [2.45, 2.75) is 13.3 Å². The van der Waals surface area contributed by atoms with Gasteiger partial charge in [0.15, 0.2) is 18.1 Å². The second-order valence-electron chi connectivity index (χ2n) is 7.35. The van der Waals surface area contributed by atoms with Gasteiger partial charge in [0.05, 0.1) is 17.2 Å². The van der Waals surface area contributed by atoms with Crippen LogP contribution in [0.3, 0.4) is 0 Å². The standard InChI is InChI=1S/C24H21N3O9/c1-3-6-15-9-14(11-19(35-4-2)21(15)36-13-20(28)29)10-18-22(30)25-24(32)26(23(18)31)16-7-5-8-17(12-16)27(33)34/h3,5,7-12H,1,4,6,13H2,2H3,(H,28,29)(H,25,30,32)/b18-10+. The minimum Gasteiger partial charge on any atom is -0.490 e. The molecule has 0 unspecified atom stereocenters. The SMILES string of the molecule is C=CCc1cc(/C=C2\C(=O)NC(=O)N(c3cccc([N+](=O)[O-])c3)C2=O)cc(OCC)c1OCC(=O)O. The van der Waals surface area contributed by atoms with E-state index in [0.717, 1.165) is 6.07 Å². The van der Waals surface area contributed by atoms with Crippen LogP contribution in [0.2, 0.25) is 0 Å². The lowest BCUT2D eigenvalue weighted by atomic mass is 10.0. The van der Waals surface area contributed by atoms with Crippen LogP contribution in [-0.2, 0) is 20.8 Å². The molecular weight excluding hydrogens is 474 g/mol. The predicted octanol–water partition coefficient (Wildman–Crippen LogP) is 2.85. The van der Waals surface area contributed by atoms with E-state index in [2.05, 4.69) is 11.9 Å². The van der Waals surface area contributed by atoms with Gasteiger partial charge >= 0.3 is 12.0 Å². The van der Waals surface area contributed by atoms with Crippen molar-refractivity contribution in [3.8, 4) is 11.5 Å². The van der Waals surface area contributed by atoms with E-state index in [4.69, 9.17) is 14.6 Å². The van der Waals surface area contributed by atoms with Crippen molar-refractivity contribution in [2.24, 2.45) is 0 Å². The Morgan fingerprint density at radius 2 is 1.97 bits per heavy atom. The Morgan fingerprint density at radius 1 is 1.22 bits per heavy atom. The van der Waals surface area contributed by atoms with Crippen molar-refractivity contribution in [1.29, 1.82) is 0 Å². The number of carbonyl (C=O) groups excluding carboxylic acids is 3. The summed E-state index contributed by atoms with van der Waals surface area (Å²) >= 11 is 0. The first kappa shape index (κ1) is 25.6. The number of ether oxygens (including phenoxy) is 2. The maximum Gasteiger partial charge on any atom is 0.341 e. The summed E-state index contributed by atoms with van der Waals surface area (Å²) in [6, 6.07) is 6.82. The Kier molecular flexibility index (Phi) is 7.79. The Labute approximate surface area is 204 Å². The number of rotatable bonds is 10. The molecule has 3 rings (SSSR count). The molecule has 0 aromatic heterocycles. The summed E-state index contributed by atoms with van der Waals surface area (Å²) in [5.74, 6) is -2.78. The maximum atomic E-state index is 13.2. The number of nitrogens with zero attached hydrogens (tertiary/aromatic N) is 2. The summed E-state index contributed by atoms with van der Waals surface area (Å²) < 4.78 is 11.0. The number of carboxylic acid groups (broad SMARTS) is 1. The molecule has 2 N–H and O–H groups in total. The van der Waals surface area contributed by atoms with Crippen LogP contribution in [0.5, 0.6) is 11.5 Å². The number of nitrogens with one attached hydrogen (secondary N) is 1. The summed E-state index contributed by atoms with van der Waals surface area (Å²) in [6.45, 7) is 4.97. The smallest absolute Gasteiger partial charge is 0.341 e. The molecule has 0 bridgehead atoms. The van der Waals surface area contributed by atoms with E-state index in [9.17, 15) is 29.3 Å². The number of imide groups is 2. The fourth-order valence-electron chi connectivity index (χ4n) is 3.44. The molecule has 186 valence electrons. The van der Waals surface area contributed by atoms with E-state index in [1.807, 2.05) is 0 Å². The molecule has 1 fully saturated rings. The third-order valence-electron chi connectivity index (χ3n) is 4.87. The second kappa shape index (κ2) is 11.0. The molecule has 36 heavy (non-hydrogen) atoms. The number of nitro benzene ring substituents is 1. The van der Waals surface area contributed by atoms with Crippen molar-refractivity contribution in [1.82, 2.24) is 5.32 Å². The fourth-order valence-corrected chi connectivity index (χ4v) is 3.44. The molecule has 1 heterocycles. The average molecular weight is 495 g/mol. The second-order valence-corrected chi connectivity index (χ2v) is 7.35. The molecule has 12 heteroatoms. The summed E-state index contributed by atoms with van der Waals surface area (Å²) in [7, 11) is 0. The zero-order chi connectivity index (χ0) is 26.4. The minimum atomic E-state index is -1.19. The molecule has 0 aliphatic carbocycles. The molecule has 1 saturated heterocycles. The van der Waals surface area contributed by atoms with Gasteiger partial charge in [-0.2, -0.15) is 0 Å². The van der Waals surface area contributed by atoms with Gasteiger partial charge in [-0.25, -0.2) is 14.5 Å². The minimum absolute atomic E-state index is 0.0927. The third-order valence-corrected chi connectivity index (χ3v) is 4.87. The topological polar surface area (TPSA) is 165 Å². The Morgan fingerprint density at radius 3 is 2.61 bits per heavy atom. The number of urea groups is 1. The lowest BCUT2D eigenvalue weighted by Gasteiger charge is -2.26. The number of amides is 4. The number of hydrogen-bond donors (Lipinski definition) is 2. The van der Waals surface area contributed by atoms with Gasteiger partial charge in [-0.15, -0.1) is 6.58 Å². The van der Waals surface area contributed by atoms with Crippen LogP contribution in [0.15, 0.2) is 54.6 Å². The zero-order valence-corrected chi connectivity index (χ0v) is 19.1. The number of non-ortho nitro benzene ring substituents is 1. The van der Waals surface area contributed by atoms with E-state index in [0.29, 0.717) is 16.0 Å². The highest BCUT2D eigenvalue weighted by Crippen LogP contribution is 2.35. The number of nitro groups is 1. The Hall–Kier alpha value is -5.00. The quantitative estimate of drug-likeness (QED) is 0.166. The van der Waals surface area contributed by atoms with E-state index in [1.165, 1.54) is 30.3 Å². The molecule has 0 spiro atoms. The van der Waals surface area contributed by atoms with Crippen LogP contribution in [0.25, 0.3) is 6.08 Å². The number of benzene rings is 2.